The molecule has 0 N–H and O–H groups in total. The molecule has 0 saturated heterocycles. The van der Waals surface area contributed by atoms with Crippen LogP contribution < -0.4 is 0 Å². The fraction of sp³-hybridized carbons (Fsp3) is 0.167. The van der Waals surface area contributed by atoms with Crippen molar-refractivity contribution in [2.24, 2.45) is 0 Å². The van der Waals surface area contributed by atoms with Gasteiger partial charge in [-0.3, -0.25) is 0 Å². The summed E-state index contributed by atoms with van der Waals surface area (Å²) >= 11 is 0. The molecule has 2 nitrogen and oxygen atoms in total. The first kappa shape index (κ1) is 11.6. The van der Waals surface area contributed by atoms with Gasteiger partial charge in [-0.2, -0.15) is 23.4 Å². The molecule has 0 aliphatic rings. The summed E-state index contributed by atoms with van der Waals surface area (Å²) in [6, 6.07) is 8.66. The van der Waals surface area contributed by atoms with Gasteiger partial charge in [0.1, 0.15) is 0 Å². The Bertz CT molecular complexity index is 495. The Morgan fingerprint density at radius 3 is 2.53 bits per heavy atom. The Morgan fingerprint density at radius 1 is 1.06 bits per heavy atom. The summed E-state index contributed by atoms with van der Waals surface area (Å²) in [5.41, 5.74) is 0.575. The highest BCUT2D eigenvalue weighted by Gasteiger charge is 2.30. The smallest absolute Gasteiger partial charge is 0.166 e. The van der Waals surface area contributed by atoms with Crippen molar-refractivity contribution in [2.75, 3.05) is 0 Å². The van der Waals surface area contributed by atoms with Gasteiger partial charge < -0.3 is 0 Å². The number of hydrogen-bond acceptors (Lipinski definition) is 2. The Morgan fingerprint density at radius 2 is 1.88 bits per heavy atom. The fourth-order valence-electron chi connectivity index (χ4n) is 1.49. The molecular weight excluding hydrogens is 229 g/mol. The first-order valence-electron chi connectivity index (χ1n) is 4.98. The van der Waals surface area contributed by atoms with Gasteiger partial charge in [-0.25, -0.2) is 0 Å². The summed E-state index contributed by atoms with van der Waals surface area (Å²) in [5, 5.41) is 7.51. The van der Waals surface area contributed by atoms with Crippen molar-refractivity contribution in [2.45, 2.75) is 12.6 Å². The van der Waals surface area contributed by atoms with E-state index in [-0.39, 0.29) is 0 Å². The summed E-state index contributed by atoms with van der Waals surface area (Å²) in [4.78, 5) is 0. The number of nitrogens with zero attached hydrogens (tertiary/aromatic N) is 2. The van der Waals surface area contributed by atoms with E-state index in [1.807, 2.05) is 0 Å². The van der Waals surface area contributed by atoms with E-state index < -0.39 is 11.7 Å². The molecule has 0 aliphatic heterocycles. The van der Waals surface area contributed by atoms with Crippen LogP contribution >= 0.6 is 0 Å². The lowest BCUT2D eigenvalue weighted by Crippen LogP contribution is -2.05. The number of halogens is 3. The monoisotopic (exact) mass is 238 g/mol. The van der Waals surface area contributed by atoms with E-state index in [1.54, 1.807) is 18.2 Å². The first-order chi connectivity index (χ1) is 8.05. The molecule has 0 bridgehead atoms. The van der Waals surface area contributed by atoms with Crippen LogP contribution in [0.2, 0.25) is 0 Å². The van der Waals surface area contributed by atoms with Crippen molar-refractivity contribution in [1.29, 1.82) is 0 Å². The number of benzene rings is 1. The lowest BCUT2D eigenvalue weighted by molar-refractivity contribution is -0.137. The minimum atomic E-state index is -4.31. The molecule has 2 rings (SSSR count). The van der Waals surface area contributed by atoms with Gasteiger partial charge in [0.2, 0.25) is 0 Å². The van der Waals surface area contributed by atoms with E-state index in [0.29, 0.717) is 17.7 Å². The average molecular weight is 238 g/mol. The predicted octanol–water partition coefficient (Wildman–Crippen LogP) is 3.09. The van der Waals surface area contributed by atoms with E-state index in [1.165, 1.54) is 12.3 Å². The zero-order chi connectivity index (χ0) is 12.3. The van der Waals surface area contributed by atoms with Gasteiger partial charge in [-0.05, 0) is 23.8 Å². The molecule has 17 heavy (non-hydrogen) atoms. The molecule has 2 aromatic rings. The van der Waals surface area contributed by atoms with Crippen molar-refractivity contribution in [3.05, 3.63) is 59.4 Å². The molecule has 0 aliphatic carbocycles. The van der Waals surface area contributed by atoms with Gasteiger partial charge in [0.15, 0.2) is 0 Å². The molecule has 5 heteroatoms. The third-order valence-corrected chi connectivity index (χ3v) is 2.27. The topological polar surface area (TPSA) is 25.8 Å². The number of rotatable bonds is 2. The summed E-state index contributed by atoms with van der Waals surface area (Å²) in [6.45, 7) is 0. The lowest BCUT2D eigenvalue weighted by atomic mass is 10.1. The van der Waals surface area contributed by atoms with Crippen molar-refractivity contribution < 1.29 is 13.2 Å². The third kappa shape index (κ3) is 3.03. The largest absolute Gasteiger partial charge is 0.416 e. The van der Waals surface area contributed by atoms with Crippen LogP contribution in [0.25, 0.3) is 0 Å². The maximum atomic E-state index is 12.5. The number of hydrogen-bond donors (Lipinski definition) is 0. The summed E-state index contributed by atoms with van der Waals surface area (Å²) < 4.78 is 37.4. The fourth-order valence-corrected chi connectivity index (χ4v) is 1.49. The SMILES string of the molecule is FC(F)(F)c1cccc(Cc2cccnn2)c1. The first-order valence-corrected chi connectivity index (χ1v) is 4.98. The van der Waals surface area contributed by atoms with Crippen LogP contribution in [0.1, 0.15) is 16.8 Å². The van der Waals surface area contributed by atoms with Crippen molar-refractivity contribution in [1.82, 2.24) is 10.2 Å². The minimum absolute atomic E-state index is 0.345. The van der Waals surface area contributed by atoms with Crippen LogP contribution in [-0.4, -0.2) is 10.2 Å². The Balaban J connectivity index is 2.23. The maximum Gasteiger partial charge on any atom is 0.416 e. The van der Waals surface area contributed by atoms with E-state index in [9.17, 15) is 13.2 Å². The average Bonchev–Trinajstić information content (AvgIpc) is 2.29. The standard InChI is InChI=1S/C12H9F3N2/c13-12(14,15)10-4-1-3-9(7-10)8-11-5-2-6-16-17-11/h1-7H,8H2. The zero-order valence-electron chi connectivity index (χ0n) is 8.78. The lowest BCUT2D eigenvalue weighted by Gasteiger charge is -2.08. The third-order valence-electron chi connectivity index (χ3n) is 2.27. The van der Waals surface area contributed by atoms with Crippen LogP contribution in [-0.2, 0) is 12.6 Å². The Labute approximate surface area is 96.1 Å². The summed E-state index contributed by atoms with van der Waals surface area (Å²) in [7, 11) is 0. The van der Waals surface area contributed by atoms with Gasteiger partial charge in [-0.15, -0.1) is 0 Å². The van der Waals surface area contributed by atoms with Crippen molar-refractivity contribution in [3.63, 3.8) is 0 Å². The van der Waals surface area contributed by atoms with Crippen LogP contribution in [0.3, 0.4) is 0 Å². The molecule has 0 amide bonds. The maximum absolute atomic E-state index is 12.5. The summed E-state index contributed by atoms with van der Waals surface area (Å²) in [6.07, 6.45) is -2.44. The van der Waals surface area contributed by atoms with Gasteiger partial charge in [0, 0.05) is 12.6 Å². The second-order valence-electron chi connectivity index (χ2n) is 3.59. The van der Waals surface area contributed by atoms with Crippen LogP contribution in [0.15, 0.2) is 42.6 Å². The molecular formula is C12H9F3N2. The molecule has 0 fully saturated rings. The molecule has 1 aromatic heterocycles. The van der Waals surface area contributed by atoms with Gasteiger partial charge in [0.05, 0.1) is 11.3 Å². The number of alkyl halides is 3. The van der Waals surface area contributed by atoms with Gasteiger partial charge >= 0.3 is 6.18 Å². The van der Waals surface area contributed by atoms with Crippen LogP contribution in [0.5, 0.6) is 0 Å². The molecule has 1 heterocycles. The molecule has 1 aromatic carbocycles. The Kier molecular flexibility index (Phi) is 3.08. The second kappa shape index (κ2) is 4.53. The van der Waals surface area contributed by atoms with Crippen molar-refractivity contribution in [3.8, 4) is 0 Å². The second-order valence-corrected chi connectivity index (χ2v) is 3.59. The molecule has 0 unspecified atom stereocenters. The Hall–Kier alpha value is -1.91. The predicted molar refractivity (Wildman–Crippen MR) is 56.3 cm³/mol. The van der Waals surface area contributed by atoms with Gasteiger partial charge in [-0.1, -0.05) is 18.2 Å². The normalized spacial score (nSPS) is 11.5. The molecule has 88 valence electrons. The molecule has 0 saturated carbocycles. The minimum Gasteiger partial charge on any atom is -0.166 e. The molecule has 0 spiro atoms. The van der Waals surface area contributed by atoms with E-state index in [2.05, 4.69) is 10.2 Å². The highest BCUT2D eigenvalue weighted by molar-refractivity contribution is 5.28. The molecule has 0 atom stereocenters. The van der Waals surface area contributed by atoms with Gasteiger partial charge in [0.25, 0.3) is 0 Å². The number of aromatic nitrogens is 2. The summed E-state index contributed by atoms with van der Waals surface area (Å²) in [5.74, 6) is 0. The van der Waals surface area contributed by atoms with E-state index in [0.717, 1.165) is 12.1 Å². The van der Waals surface area contributed by atoms with Crippen molar-refractivity contribution >= 4 is 0 Å². The van der Waals surface area contributed by atoms with E-state index in [4.69, 9.17) is 0 Å². The highest BCUT2D eigenvalue weighted by Crippen LogP contribution is 2.29. The highest BCUT2D eigenvalue weighted by atomic mass is 19.4. The quantitative estimate of drug-likeness (QED) is 0.803. The zero-order valence-corrected chi connectivity index (χ0v) is 8.78. The van der Waals surface area contributed by atoms with Crippen LogP contribution in [0.4, 0.5) is 13.2 Å². The van der Waals surface area contributed by atoms with E-state index >= 15 is 0 Å². The molecule has 0 radical (unpaired) electrons. The van der Waals surface area contributed by atoms with Crippen LogP contribution in [0, 0.1) is 0 Å².